The maximum Gasteiger partial charge on any atom is 0.161 e. The van der Waals surface area contributed by atoms with E-state index in [0.717, 1.165) is 21.7 Å². The summed E-state index contributed by atoms with van der Waals surface area (Å²) in [5.41, 5.74) is 9.28. The Morgan fingerprint density at radius 2 is 2.05 bits per heavy atom. The Kier molecular flexibility index (Phi) is 4.30. The molecule has 2 aromatic heterocycles. The van der Waals surface area contributed by atoms with Crippen LogP contribution in [0.4, 0.5) is 5.69 Å². The molecule has 110 valence electrons. The molecule has 3 rings (SSSR count). The fraction of sp³-hybridized carbons (Fsp3) is 0.0625. The van der Waals surface area contributed by atoms with Crippen molar-refractivity contribution >= 4 is 52.5 Å². The molecule has 2 heterocycles. The Hall–Kier alpha value is -1.67. The molecule has 0 fully saturated rings. The summed E-state index contributed by atoms with van der Waals surface area (Å²) in [5.74, 6) is -0.0619. The molecule has 0 atom stereocenters. The average molecular weight is 421 g/mol. The Morgan fingerprint density at radius 3 is 2.68 bits per heavy atom. The van der Waals surface area contributed by atoms with Gasteiger partial charge in [0.2, 0.25) is 0 Å². The van der Waals surface area contributed by atoms with Crippen LogP contribution < -0.4 is 5.73 Å². The molecule has 1 aromatic carbocycles. The fourth-order valence-electron chi connectivity index (χ4n) is 2.30. The lowest BCUT2D eigenvalue weighted by atomic mass is 10.0. The van der Waals surface area contributed by atoms with Crippen molar-refractivity contribution in [3.05, 3.63) is 48.2 Å². The topological polar surface area (TPSA) is 68.9 Å². The lowest BCUT2D eigenvalue weighted by Crippen LogP contribution is -2.02. The van der Waals surface area contributed by atoms with Crippen LogP contribution in [0.15, 0.2) is 47.5 Å². The molecule has 0 aliphatic carbocycles. The number of carbonyl (C=O) groups is 1. The second-order valence-electron chi connectivity index (χ2n) is 4.78. The van der Waals surface area contributed by atoms with Gasteiger partial charge in [-0.1, -0.05) is 21.1 Å². The van der Waals surface area contributed by atoms with E-state index in [1.54, 1.807) is 21.2 Å². The minimum Gasteiger partial charge on any atom is -0.396 e. The van der Waals surface area contributed by atoms with Crippen LogP contribution in [0.1, 0.15) is 17.3 Å². The van der Waals surface area contributed by atoms with Crippen molar-refractivity contribution in [2.45, 2.75) is 11.8 Å². The van der Waals surface area contributed by atoms with E-state index in [4.69, 9.17) is 5.73 Å². The number of halogens is 1. The molecule has 0 amide bonds. The van der Waals surface area contributed by atoms with Crippen molar-refractivity contribution in [1.29, 1.82) is 0 Å². The van der Waals surface area contributed by atoms with Crippen LogP contribution in [0.25, 0.3) is 22.3 Å². The number of Topliss-reactive ketones (excluding diaryl/α,β-unsaturated/α-hetero) is 1. The Bertz CT molecular complexity index is 868. The number of fused-ring (bicyclic) bond motifs is 1. The van der Waals surface area contributed by atoms with Crippen molar-refractivity contribution in [3.8, 4) is 11.4 Å². The quantitative estimate of drug-likeness (QED) is 0.383. The number of nitrogen functional groups attached to an aromatic ring is 1. The summed E-state index contributed by atoms with van der Waals surface area (Å²) in [7, 11) is 1.59. The van der Waals surface area contributed by atoms with Gasteiger partial charge in [-0.25, -0.2) is 4.98 Å². The fourth-order valence-corrected chi connectivity index (χ4v) is 3.80. The minimum absolute atomic E-state index is 0.0619. The predicted octanol–water partition coefficient (Wildman–Crippen LogP) is 4.52. The van der Waals surface area contributed by atoms with E-state index in [0.29, 0.717) is 16.8 Å². The van der Waals surface area contributed by atoms with Crippen molar-refractivity contribution < 1.29 is 4.79 Å². The summed E-state index contributed by atoms with van der Waals surface area (Å²) >= 11 is 2.23. The molecule has 0 aliphatic heterocycles. The van der Waals surface area contributed by atoms with Gasteiger partial charge in [-0.3, -0.25) is 9.78 Å². The molecule has 22 heavy (non-hydrogen) atoms. The first-order valence-electron chi connectivity index (χ1n) is 6.56. The van der Waals surface area contributed by atoms with Gasteiger partial charge in [0.1, 0.15) is 0 Å². The number of nitrogens with zero attached hydrogens (tertiary/aromatic N) is 2. The van der Waals surface area contributed by atoms with Crippen LogP contribution in [0.3, 0.4) is 0 Å². The van der Waals surface area contributed by atoms with E-state index in [9.17, 15) is 4.79 Å². The molecule has 0 aliphatic rings. The highest BCUT2D eigenvalue weighted by Crippen LogP contribution is 2.37. The summed E-state index contributed by atoms with van der Waals surface area (Å²) < 4.78 is 0. The summed E-state index contributed by atoms with van der Waals surface area (Å²) in [4.78, 5) is 21.7. The monoisotopic (exact) mass is 421 g/mol. The Balaban J connectivity index is 2.33. The molecule has 0 bridgehead atoms. The second-order valence-corrected chi connectivity index (χ2v) is 6.69. The van der Waals surface area contributed by atoms with E-state index >= 15 is 0 Å². The van der Waals surface area contributed by atoms with Gasteiger partial charge in [0.15, 0.2) is 5.78 Å². The maximum atomic E-state index is 11.7. The van der Waals surface area contributed by atoms with Gasteiger partial charge in [-0.2, -0.15) is 0 Å². The van der Waals surface area contributed by atoms with Crippen LogP contribution in [0.5, 0.6) is 0 Å². The van der Waals surface area contributed by atoms with Crippen molar-refractivity contribution in [1.82, 2.24) is 9.97 Å². The predicted molar refractivity (Wildman–Crippen MR) is 99.3 cm³/mol. The third kappa shape index (κ3) is 2.68. The SMILES string of the molecule is CC(=O)c1ccc2c(SI)cc(-c3ccccn3)nc2c1N. The zero-order chi connectivity index (χ0) is 15.7. The maximum absolute atomic E-state index is 11.7. The van der Waals surface area contributed by atoms with Crippen LogP contribution in [0.2, 0.25) is 0 Å². The Labute approximate surface area is 144 Å². The van der Waals surface area contributed by atoms with E-state index in [-0.39, 0.29) is 5.78 Å². The van der Waals surface area contributed by atoms with Gasteiger partial charge in [0.05, 0.1) is 22.6 Å². The van der Waals surface area contributed by atoms with E-state index in [1.165, 1.54) is 6.92 Å². The van der Waals surface area contributed by atoms with Crippen LogP contribution in [-0.4, -0.2) is 15.8 Å². The molecule has 0 radical (unpaired) electrons. The summed E-state index contributed by atoms with van der Waals surface area (Å²) in [6.45, 7) is 1.51. The second kappa shape index (κ2) is 6.21. The molecular formula is C16H12IN3OS. The Morgan fingerprint density at radius 1 is 1.23 bits per heavy atom. The van der Waals surface area contributed by atoms with Crippen molar-refractivity contribution in [2.24, 2.45) is 0 Å². The number of rotatable bonds is 3. The van der Waals surface area contributed by atoms with E-state index in [1.807, 2.05) is 30.3 Å². The van der Waals surface area contributed by atoms with Gasteiger partial charge in [-0.05, 0) is 31.2 Å². The normalized spacial score (nSPS) is 10.8. The van der Waals surface area contributed by atoms with Crippen LogP contribution >= 0.6 is 30.1 Å². The van der Waals surface area contributed by atoms with Crippen LogP contribution in [-0.2, 0) is 0 Å². The number of ketones is 1. The molecule has 4 nitrogen and oxygen atoms in total. The van der Waals surface area contributed by atoms with Crippen molar-refractivity contribution in [2.75, 3.05) is 5.73 Å². The summed E-state index contributed by atoms with van der Waals surface area (Å²) in [6.07, 6.45) is 1.73. The highest BCUT2D eigenvalue weighted by Gasteiger charge is 2.14. The summed E-state index contributed by atoms with van der Waals surface area (Å²) in [6, 6.07) is 11.3. The number of hydrogen-bond donors (Lipinski definition) is 1. The molecule has 3 aromatic rings. The van der Waals surface area contributed by atoms with Gasteiger partial charge in [0.25, 0.3) is 0 Å². The number of hydrogen-bond acceptors (Lipinski definition) is 5. The third-order valence-electron chi connectivity index (χ3n) is 3.37. The lowest BCUT2D eigenvalue weighted by molar-refractivity contribution is 0.101. The highest BCUT2D eigenvalue weighted by molar-refractivity contribution is 14.2. The van der Waals surface area contributed by atoms with E-state index in [2.05, 4.69) is 31.2 Å². The zero-order valence-corrected chi connectivity index (χ0v) is 14.7. The zero-order valence-electron chi connectivity index (χ0n) is 11.7. The number of anilines is 1. The van der Waals surface area contributed by atoms with Gasteiger partial charge >= 0.3 is 0 Å². The molecule has 6 heteroatoms. The third-order valence-corrected chi connectivity index (χ3v) is 5.30. The number of benzene rings is 1. The molecule has 2 N–H and O–H groups in total. The summed E-state index contributed by atoms with van der Waals surface area (Å²) in [5, 5.41) is 0.946. The standard InChI is InChI=1S/C16H12IN3OS/c1-9(21)10-5-6-11-14(22-17)8-13(20-16(11)15(10)18)12-4-2-3-7-19-12/h2-8H,18H2,1H3. The molecule has 0 saturated heterocycles. The smallest absolute Gasteiger partial charge is 0.161 e. The molecular weight excluding hydrogens is 409 g/mol. The molecule has 0 spiro atoms. The highest BCUT2D eigenvalue weighted by atomic mass is 127. The van der Waals surface area contributed by atoms with Gasteiger partial charge < -0.3 is 5.73 Å². The first kappa shape index (κ1) is 15.2. The van der Waals surface area contributed by atoms with E-state index < -0.39 is 0 Å². The number of nitrogens with two attached hydrogens (primary N) is 1. The molecule has 0 saturated carbocycles. The molecule has 0 unspecified atom stereocenters. The number of carbonyl (C=O) groups excluding carboxylic acids is 1. The number of aromatic nitrogens is 2. The lowest BCUT2D eigenvalue weighted by Gasteiger charge is -2.11. The first-order valence-corrected chi connectivity index (χ1v) is 9.92. The average Bonchev–Trinajstić information content (AvgIpc) is 2.55. The van der Waals surface area contributed by atoms with Crippen molar-refractivity contribution in [3.63, 3.8) is 0 Å². The van der Waals surface area contributed by atoms with Gasteiger partial charge in [0, 0.05) is 43.2 Å². The van der Waals surface area contributed by atoms with Crippen LogP contribution in [0, 0.1) is 0 Å². The largest absolute Gasteiger partial charge is 0.396 e. The van der Waals surface area contributed by atoms with Gasteiger partial charge in [-0.15, -0.1) is 0 Å². The first-order chi connectivity index (χ1) is 10.6. The minimum atomic E-state index is -0.0619. The number of pyridine rings is 2.